The Morgan fingerprint density at radius 3 is 2.47 bits per heavy atom. The molecule has 0 spiro atoms. The van der Waals surface area contributed by atoms with E-state index < -0.39 is 23.7 Å². The van der Waals surface area contributed by atoms with Gasteiger partial charge in [0.05, 0.1) is 11.6 Å². The molecular weight excluding hydrogens is 200 g/mol. The van der Waals surface area contributed by atoms with Gasteiger partial charge in [0.1, 0.15) is 6.04 Å². The normalized spacial score (nSPS) is 32.8. The number of aliphatic hydroxyl groups excluding tert-OH is 1. The minimum absolute atomic E-state index is 0.0781. The second-order valence-corrected chi connectivity index (χ2v) is 4.36. The van der Waals surface area contributed by atoms with Gasteiger partial charge in [-0.2, -0.15) is 0 Å². The fourth-order valence-electron chi connectivity index (χ4n) is 1.91. The first-order chi connectivity index (χ1) is 6.94. The van der Waals surface area contributed by atoms with Crippen molar-refractivity contribution in [2.75, 3.05) is 6.54 Å². The molecule has 0 aromatic rings. The van der Waals surface area contributed by atoms with Crippen LogP contribution in [0.4, 0.5) is 0 Å². The Morgan fingerprint density at radius 2 is 2.00 bits per heavy atom. The largest absolute Gasteiger partial charge is 0.480 e. The van der Waals surface area contributed by atoms with Crippen LogP contribution in [0.5, 0.6) is 0 Å². The Morgan fingerprint density at radius 1 is 1.40 bits per heavy atom. The molecule has 0 aromatic heterocycles. The summed E-state index contributed by atoms with van der Waals surface area (Å²) < 4.78 is 0. The molecular formula is C9H14N2O4. The summed E-state index contributed by atoms with van der Waals surface area (Å²) >= 11 is 0. The summed E-state index contributed by atoms with van der Waals surface area (Å²) in [5.74, 6) is -1.42. The van der Waals surface area contributed by atoms with Gasteiger partial charge in [-0.15, -0.1) is 0 Å². The van der Waals surface area contributed by atoms with Gasteiger partial charge in [0.15, 0.2) is 0 Å². The van der Waals surface area contributed by atoms with E-state index in [0.29, 0.717) is 12.8 Å². The van der Waals surface area contributed by atoms with E-state index in [1.165, 1.54) is 4.90 Å². The van der Waals surface area contributed by atoms with Crippen molar-refractivity contribution in [1.82, 2.24) is 4.90 Å². The molecule has 2 aliphatic rings. The van der Waals surface area contributed by atoms with Crippen molar-refractivity contribution in [2.45, 2.75) is 36.9 Å². The van der Waals surface area contributed by atoms with Crippen molar-refractivity contribution in [3.05, 3.63) is 0 Å². The maximum absolute atomic E-state index is 11.8. The summed E-state index contributed by atoms with van der Waals surface area (Å²) in [6.45, 7) is 0.0781. The number of carbonyl (C=O) groups is 2. The number of carboxylic acid groups (broad SMARTS) is 1. The molecule has 1 aliphatic heterocycles. The van der Waals surface area contributed by atoms with Gasteiger partial charge in [-0.25, -0.2) is 4.79 Å². The summed E-state index contributed by atoms with van der Waals surface area (Å²) in [6, 6.07) is -0.923. The van der Waals surface area contributed by atoms with Crippen molar-refractivity contribution >= 4 is 11.9 Å². The van der Waals surface area contributed by atoms with Crippen LogP contribution in [0.25, 0.3) is 0 Å². The molecule has 1 saturated carbocycles. The minimum Gasteiger partial charge on any atom is -0.480 e. The first kappa shape index (κ1) is 10.4. The number of carboxylic acids is 1. The molecule has 1 heterocycles. The van der Waals surface area contributed by atoms with Crippen molar-refractivity contribution in [1.29, 1.82) is 0 Å². The van der Waals surface area contributed by atoms with Gasteiger partial charge in [0.25, 0.3) is 0 Å². The molecule has 1 saturated heterocycles. The summed E-state index contributed by atoms with van der Waals surface area (Å²) in [6.07, 6.45) is 0.546. The van der Waals surface area contributed by atoms with Crippen LogP contribution in [0.3, 0.4) is 0 Å². The zero-order valence-corrected chi connectivity index (χ0v) is 8.22. The van der Waals surface area contributed by atoms with Crippen LogP contribution < -0.4 is 5.73 Å². The molecule has 6 nitrogen and oxygen atoms in total. The van der Waals surface area contributed by atoms with E-state index in [1.807, 2.05) is 0 Å². The highest BCUT2D eigenvalue weighted by Gasteiger charge is 2.52. The number of hydrogen-bond donors (Lipinski definition) is 3. The predicted molar refractivity (Wildman–Crippen MR) is 49.9 cm³/mol. The number of nitrogens with zero attached hydrogens (tertiary/aromatic N) is 1. The second-order valence-electron chi connectivity index (χ2n) is 4.36. The van der Waals surface area contributed by atoms with Crippen LogP contribution in [0, 0.1) is 0 Å². The van der Waals surface area contributed by atoms with Gasteiger partial charge in [-0.05, 0) is 12.8 Å². The highest BCUT2D eigenvalue weighted by atomic mass is 16.4. The van der Waals surface area contributed by atoms with Crippen LogP contribution in [0.15, 0.2) is 0 Å². The van der Waals surface area contributed by atoms with Gasteiger partial charge in [-0.3, -0.25) is 4.79 Å². The van der Waals surface area contributed by atoms with Gasteiger partial charge in [-0.1, -0.05) is 0 Å². The molecule has 6 heteroatoms. The highest BCUT2D eigenvalue weighted by molar-refractivity contribution is 5.92. The van der Waals surface area contributed by atoms with Crippen LogP contribution in [0.2, 0.25) is 0 Å². The number of amides is 1. The first-order valence-electron chi connectivity index (χ1n) is 4.95. The monoisotopic (exact) mass is 214 g/mol. The number of aliphatic carboxylic acids is 1. The summed E-state index contributed by atoms with van der Waals surface area (Å²) in [5.41, 5.74) is 4.85. The molecule has 0 unspecified atom stereocenters. The zero-order chi connectivity index (χ0) is 11.2. The number of rotatable bonds is 2. The topological polar surface area (TPSA) is 104 Å². The third-order valence-electron chi connectivity index (χ3n) is 3.04. The summed E-state index contributed by atoms with van der Waals surface area (Å²) in [7, 11) is 0. The lowest BCUT2D eigenvalue weighted by atomic mass is 10.2. The Kier molecular flexibility index (Phi) is 2.20. The van der Waals surface area contributed by atoms with Gasteiger partial charge >= 0.3 is 5.97 Å². The van der Waals surface area contributed by atoms with E-state index in [1.54, 1.807) is 0 Å². The maximum Gasteiger partial charge on any atom is 0.326 e. The SMILES string of the molecule is NC1(C(=O)N2C[C@H](O)C[C@H]2C(=O)O)CC1. The third kappa shape index (κ3) is 1.70. The Bertz CT molecular complexity index is 313. The number of aliphatic hydroxyl groups is 1. The quantitative estimate of drug-likeness (QED) is 0.520. The van der Waals surface area contributed by atoms with Gasteiger partial charge in [0, 0.05) is 13.0 Å². The van der Waals surface area contributed by atoms with Crippen molar-refractivity contribution in [3.8, 4) is 0 Å². The predicted octanol–water partition coefficient (Wildman–Crippen LogP) is -1.48. The van der Waals surface area contributed by atoms with E-state index in [2.05, 4.69) is 0 Å². The Balaban J connectivity index is 2.13. The van der Waals surface area contributed by atoms with Crippen molar-refractivity contribution < 1.29 is 19.8 Å². The average Bonchev–Trinajstić information content (AvgIpc) is 2.77. The van der Waals surface area contributed by atoms with Crippen LogP contribution in [0.1, 0.15) is 19.3 Å². The fraction of sp³-hybridized carbons (Fsp3) is 0.778. The van der Waals surface area contributed by atoms with E-state index in [4.69, 9.17) is 10.8 Å². The van der Waals surface area contributed by atoms with E-state index >= 15 is 0 Å². The Labute approximate surface area is 86.7 Å². The number of carbonyl (C=O) groups excluding carboxylic acids is 1. The average molecular weight is 214 g/mol. The third-order valence-corrected chi connectivity index (χ3v) is 3.04. The molecule has 2 rings (SSSR count). The smallest absolute Gasteiger partial charge is 0.326 e. The second kappa shape index (κ2) is 3.18. The fourth-order valence-corrected chi connectivity index (χ4v) is 1.91. The molecule has 0 aromatic carbocycles. The number of β-amino-alcohol motifs (C(OH)–C–C–N with tert-alkyl or cyclic N) is 1. The zero-order valence-electron chi connectivity index (χ0n) is 8.22. The first-order valence-corrected chi connectivity index (χ1v) is 4.95. The number of likely N-dealkylation sites (tertiary alicyclic amines) is 1. The summed E-state index contributed by atoms with van der Waals surface area (Å²) in [4.78, 5) is 23.9. The molecule has 15 heavy (non-hydrogen) atoms. The summed E-state index contributed by atoms with van der Waals surface area (Å²) in [5, 5.41) is 18.2. The molecule has 0 radical (unpaired) electrons. The van der Waals surface area contributed by atoms with Crippen LogP contribution in [-0.2, 0) is 9.59 Å². The van der Waals surface area contributed by atoms with Gasteiger partial charge < -0.3 is 20.8 Å². The lowest BCUT2D eigenvalue weighted by molar-refractivity contribution is -0.149. The van der Waals surface area contributed by atoms with E-state index in [0.717, 1.165) is 0 Å². The molecule has 2 fully saturated rings. The Hall–Kier alpha value is -1.14. The molecule has 1 aliphatic carbocycles. The standard InChI is InChI=1S/C9H14N2O4/c10-9(1-2-9)8(15)11-4-5(12)3-6(11)7(13)14/h5-6,12H,1-4,10H2,(H,13,14)/t5-,6+/m1/s1. The van der Waals surface area contributed by atoms with E-state index in [9.17, 15) is 14.7 Å². The van der Waals surface area contributed by atoms with Crippen LogP contribution >= 0.6 is 0 Å². The van der Waals surface area contributed by atoms with E-state index in [-0.39, 0.29) is 18.9 Å². The number of hydrogen-bond acceptors (Lipinski definition) is 4. The molecule has 2 atom stereocenters. The lowest BCUT2D eigenvalue weighted by Gasteiger charge is -2.24. The minimum atomic E-state index is -1.08. The molecule has 4 N–H and O–H groups in total. The lowest BCUT2D eigenvalue weighted by Crippen LogP contribution is -2.50. The van der Waals surface area contributed by atoms with Crippen molar-refractivity contribution in [2.24, 2.45) is 5.73 Å². The van der Waals surface area contributed by atoms with Gasteiger partial charge in [0.2, 0.25) is 5.91 Å². The molecule has 0 bridgehead atoms. The number of nitrogens with two attached hydrogens (primary N) is 1. The highest BCUT2D eigenvalue weighted by Crippen LogP contribution is 2.36. The maximum atomic E-state index is 11.8. The van der Waals surface area contributed by atoms with Crippen LogP contribution in [-0.4, -0.2) is 51.2 Å². The van der Waals surface area contributed by atoms with Crippen molar-refractivity contribution in [3.63, 3.8) is 0 Å². The molecule has 1 amide bonds. The molecule has 84 valence electrons.